The minimum atomic E-state index is -0.387. The van der Waals surface area contributed by atoms with Crippen LogP contribution in [0.5, 0.6) is 0 Å². The Morgan fingerprint density at radius 2 is 2.00 bits per heavy atom. The van der Waals surface area contributed by atoms with E-state index >= 15 is 0 Å². The van der Waals surface area contributed by atoms with Crippen LogP contribution in [0.25, 0.3) is 0 Å². The predicted octanol–water partition coefficient (Wildman–Crippen LogP) is 3.83. The fourth-order valence-electron chi connectivity index (χ4n) is 2.02. The molecule has 0 spiro atoms. The number of halogens is 2. The lowest BCUT2D eigenvalue weighted by molar-refractivity contribution is 0.0753. The van der Waals surface area contributed by atoms with Gasteiger partial charge in [0, 0.05) is 24.3 Å². The van der Waals surface area contributed by atoms with Gasteiger partial charge in [0.2, 0.25) is 0 Å². The average Bonchev–Trinajstić information content (AvgIpc) is 2.48. The Morgan fingerprint density at radius 1 is 1.29 bits per heavy atom. The van der Waals surface area contributed by atoms with Gasteiger partial charge in [-0.1, -0.05) is 18.2 Å². The largest absolute Gasteiger partial charge is 0.398 e. The molecule has 0 aromatic heterocycles. The zero-order chi connectivity index (χ0) is 15.4. The molecule has 0 saturated carbocycles. The van der Waals surface area contributed by atoms with Crippen molar-refractivity contribution in [3.63, 3.8) is 0 Å². The van der Waals surface area contributed by atoms with E-state index in [2.05, 4.69) is 15.9 Å². The van der Waals surface area contributed by atoms with Crippen LogP contribution in [0.15, 0.2) is 46.9 Å². The normalized spacial score (nSPS) is 10.4. The second-order valence-corrected chi connectivity index (χ2v) is 5.50. The Labute approximate surface area is 131 Å². The van der Waals surface area contributed by atoms with Gasteiger partial charge in [-0.05, 0) is 52.7 Å². The number of hydrogen-bond donors (Lipinski definition) is 1. The van der Waals surface area contributed by atoms with E-state index in [1.54, 1.807) is 4.90 Å². The molecule has 5 heteroatoms. The molecule has 0 aliphatic rings. The topological polar surface area (TPSA) is 46.3 Å². The van der Waals surface area contributed by atoms with Gasteiger partial charge >= 0.3 is 0 Å². The molecule has 21 heavy (non-hydrogen) atoms. The first kappa shape index (κ1) is 15.5. The van der Waals surface area contributed by atoms with Gasteiger partial charge in [0.25, 0.3) is 5.91 Å². The third-order valence-electron chi connectivity index (χ3n) is 3.25. The van der Waals surface area contributed by atoms with Crippen LogP contribution in [0.3, 0.4) is 0 Å². The number of para-hydroxylation sites is 1. The summed E-state index contributed by atoms with van der Waals surface area (Å²) in [4.78, 5) is 14.2. The summed E-state index contributed by atoms with van der Waals surface area (Å²) < 4.78 is 13.5. The van der Waals surface area contributed by atoms with Crippen molar-refractivity contribution in [1.29, 1.82) is 0 Å². The van der Waals surface area contributed by atoms with Crippen LogP contribution < -0.4 is 5.73 Å². The average molecular weight is 351 g/mol. The van der Waals surface area contributed by atoms with E-state index in [0.717, 1.165) is 5.56 Å². The maximum Gasteiger partial charge on any atom is 0.254 e. The third kappa shape index (κ3) is 3.61. The Hall–Kier alpha value is -1.88. The number of hydrogen-bond acceptors (Lipinski definition) is 2. The first-order chi connectivity index (χ1) is 10.0. The Balaban J connectivity index is 2.22. The first-order valence-electron chi connectivity index (χ1n) is 6.60. The number of benzene rings is 2. The lowest BCUT2D eigenvalue weighted by Gasteiger charge is -2.22. The number of rotatable bonds is 4. The molecule has 1 amide bonds. The van der Waals surface area contributed by atoms with Crippen molar-refractivity contribution >= 4 is 27.5 Å². The van der Waals surface area contributed by atoms with Gasteiger partial charge in [-0.25, -0.2) is 4.39 Å². The standard InChI is InChI=1S/C16H16BrFN2O/c1-2-20(10-12-5-3-4-6-15(12)19)16(21)11-7-8-14(18)13(17)9-11/h3-9H,2,10,19H2,1H3. The number of amides is 1. The highest BCUT2D eigenvalue weighted by Gasteiger charge is 2.16. The minimum absolute atomic E-state index is 0.151. The van der Waals surface area contributed by atoms with Crippen molar-refractivity contribution in [2.24, 2.45) is 0 Å². The van der Waals surface area contributed by atoms with Gasteiger partial charge in [0.1, 0.15) is 5.82 Å². The van der Waals surface area contributed by atoms with E-state index in [1.807, 2.05) is 31.2 Å². The molecule has 0 aliphatic heterocycles. The van der Waals surface area contributed by atoms with Crippen LogP contribution in [-0.2, 0) is 6.54 Å². The van der Waals surface area contributed by atoms with Crippen molar-refractivity contribution in [3.8, 4) is 0 Å². The highest BCUT2D eigenvalue weighted by atomic mass is 79.9. The molecule has 110 valence electrons. The van der Waals surface area contributed by atoms with Crippen molar-refractivity contribution in [3.05, 3.63) is 63.9 Å². The van der Waals surface area contributed by atoms with Crippen LogP contribution >= 0.6 is 15.9 Å². The summed E-state index contributed by atoms with van der Waals surface area (Å²) in [7, 11) is 0. The second kappa shape index (κ2) is 6.72. The van der Waals surface area contributed by atoms with Crippen molar-refractivity contribution in [2.75, 3.05) is 12.3 Å². The molecule has 0 aliphatic carbocycles. The summed E-state index contributed by atoms with van der Waals surface area (Å²) in [5.41, 5.74) is 7.91. The number of nitrogens with two attached hydrogens (primary N) is 1. The van der Waals surface area contributed by atoms with Gasteiger partial charge in [-0.15, -0.1) is 0 Å². The van der Waals surface area contributed by atoms with Crippen LogP contribution in [0.2, 0.25) is 0 Å². The van der Waals surface area contributed by atoms with Crippen molar-refractivity contribution in [1.82, 2.24) is 4.90 Å². The molecule has 2 aromatic carbocycles. The SMILES string of the molecule is CCN(Cc1ccccc1N)C(=O)c1ccc(F)c(Br)c1. The fraction of sp³-hybridized carbons (Fsp3) is 0.188. The lowest BCUT2D eigenvalue weighted by atomic mass is 10.1. The van der Waals surface area contributed by atoms with Gasteiger partial charge in [0.15, 0.2) is 0 Å². The molecule has 0 unspecified atom stereocenters. The molecule has 2 rings (SSSR count). The smallest absolute Gasteiger partial charge is 0.254 e. The van der Waals surface area contributed by atoms with Gasteiger partial charge in [-0.3, -0.25) is 4.79 Å². The maximum atomic E-state index is 13.3. The van der Waals surface area contributed by atoms with Crippen LogP contribution in [0.1, 0.15) is 22.8 Å². The van der Waals surface area contributed by atoms with Crippen LogP contribution in [-0.4, -0.2) is 17.4 Å². The Kier molecular flexibility index (Phi) is 4.96. The van der Waals surface area contributed by atoms with Crippen molar-refractivity contribution in [2.45, 2.75) is 13.5 Å². The Bertz CT molecular complexity index is 660. The van der Waals surface area contributed by atoms with E-state index in [-0.39, 0.29) is 16.2 Å². The summed E-state index contributed by atoms with van der Waals surface area (Å²) in [6, 6.07) is 11.7. The summed E-state index contributed by atoms with van der Waals surface area (Å²) in [5.74, 6) is -0.539. The first-order valence-corrected chi connectivity index (χ1v) is 7.40. The molecule has 0 fully saturated rings. The molecule has 0 atom stereocenters. The minimum Gasteiger partial charge on any atom is -0.398 e. The van der Waals surface area contributed by atoms with Gasteiger partial charge in [0.05, 0.1) is 4.47 Å². The molecule has 0 bridgehead atoms. The zero-order valence-electron chi connectivity index (χ0n) is 11.6. The van der Waals surface area contributed by atoms with E-state index < -0.39 is 0 Å². The third-order valence-corrected chi connectivity index (χ3v) is 3.86. The Morgan fingerprint density at radius 3 is 2.62 bits per heavy atom. The molecule has 3 nitrogen and oxygen atoms in total. The number of carbonyl (C=O) groups is 1. The summed E-state index contributed by atoms with van der Waals surface area (Å²) in [6.07, 6.45) is 0. The summed E-state index contributed by atoms with van der Waals surface area (Å²) in [6.45, 7) is 2.87. The quantitative estimate of drug-likeness (QED) is 0.851. The highest BCUT2D eigenvalue weighted by Crippen LogP contribution is 2.20. The highest BCUT2D eigenvalue weighted by molar-refractivity contribution is 9.10. The number of carbonyl (C=O) groups excluding carboxylic acids is 1. The van der Waals surface area contributed by atoms with Gasteiger partial charge < -0.3 is 10.6 Å². The molecule has 2 aromatic rings. The molecule has 0 saturated heterocycles. The maximum absolute atomic E-state index is 13.3. The second-order valence-electron chi connectivity index (χ2n) is 4.65. The molecule has 0 heterocycles. The molecular formula is C16H16BrFN2O. The van der Waals surface area contributed by atoms with E-state index in [1.165, 1.54) is 18.2 Å². The number of anilines is 1. The van der Waals surface area contributed by atoms with Gasteiger partial charge in [-0.2, -0.15) is 0 Å². The van der Waals surface area contributed by atoms with E-state index in [9.17, 15) is 9.18 Å². The zero-order valence-corrected chi connectivity index (χ0v) is 13.2. The summed E-state index contributed by atoms with van der Waals surface area (Å²) >= 11 is 3.10. The van der Waals surface area contributed by atoms with Crippen LogP contribution in [0.4, 0.5) is 10.1 Å². The number of nitrogen functional groups attached to an aromatic ring is 1. The van der Waals surface area contributed by atoms with E-state index in [4.69, 9.17) is 5.73 Å². The molecule has 2 N–H and O–H groups in total. The van der Waals surface area contributed by atoms with E-state index in [0.29, 0.717) is 24.3 Å². The lowest BCUT2D eigenvalue weighted by Crippen LogP contribution is -2.30. The molecule has 0 radical (unpaired) electrons. The predicted molar refractivity (Wildman–Crippen MR) is 85.4 cm³/mol. The van der Waals surface area contributed by atoms with Crippen molar-refractivity contribution < 1.29 is 9.18 Å². The number of nitrogens with zero attached hydrogens (tertiary/aromatic N) is 1. The monoisotopic (exact) mass is 350 g/mol. The molecular weight excluding hydrogens is 335 g/mol. The fourth-order valence-corrected chi connectivity index (χ4v) is 2.40. The van der Waals surface area contributed by atoms with Crippen LogP contribution in [0, 0.1) is 5.82 Å². The summed E-state index contributed by atoms with van der Waals surface area (Å²) in [5, 5.41) is 0.